The number of carbonyl (C=O) groups excluding carboxylic acids is 3. The van der Waals surface area contributed by atoms with E-state index in [0.717, 1.165) is 18.4 Å². The first-order chi connectivity index (χ1) is 15.0. The van der Waals surface area contributed by atoms with Crippen LogP contribution in [0, 0.1) is 0 Å². The Hall–Kier alpha value is -3.39. The molecule has 0 heterocycles. The van der Waals surface area contributed by atoms with Gasteiger partial charge in [-0.05, 0) is 42.7 Å². The monoisotopic (exact) mass is 424 g/mol. The Labute approximate surface area is 181 Å². The van der Waals surface area contributed by atoms with Crippen molar-refractivity contribution in [3.63, 3.8) is 0 Å². The van der Waals surface area contributed by atoms with Crippen LogP contribution in [0.4, 0.5) is 16.2 Å². The zero-order valence-corrected chi connectivity index (χ0v) is 17.6. The molecule has 0 aromatic heterocycles. The summed E-state index contributed by atoms with van der Waals surface area (Å²) in [5.74, 6) is -0.495. The minimum atomic E-state index is -0.938. The van der Waals surface area contributed by atoms with Gasteiger partial charge in [0.2, 0.25) is 11.8 Å². The van der Waals surface area contributed by atoms with E-state index < -0.39 is 5.54 Å². The van der Waals surface area contributed by atoms with E-state index in [-0.39, 0.29) is 24.5 Å². The van der Waals surface area contributed by atoms with Gasteiger partial charge in [0, 0.05) is 25.0 Å². The summed E-state index contributed by atoms with van der Waals surface area (Å²) >= 11 is 0. The zero-order valence-electron chi connectivity index (χ0n) is 17.6. The summed E-state index contributed by atoms with van der Waals surface area (Å²) in [6.07, 6.45) is 2.92. The van der Waals surface area contributed by atoms with Gasteiger partial charge in [-0.15, -0.1) is 0 Å². The van der Waals surface area contributed by atoms with Crippen molar-refractivity contribution in [2.24, 2.45) is 0 Å². The average Bonchev–Trinajstić information content (AvgIpc) is 3.24. The third kappa shape index (κ3) is 6.29. The number of benzene rings is 2. The molecule has 8 nitrogen and oxygen atoms in total. The molecule has 164 valence electrons. The van der Waals surface area contributed by atoms with E-state index in [1.165, 1.54) is 7.11 Å². The Kier molecular flexibility index (Phi) is 7.61. The van der Waals surface area contributed by atoms with Crippen molar-refractivity contribution in [3.8, 4) is 0 Å². The molecule has 0 aliphatic heterocycles. The summed E-state index contributed by atoms with van der Waals surface area (Å²) in [5.41, 5.74) is 1.24. The molecule has 0 radical (unpaired) electrons. The molecule has 0 atom stereocenters. The van der Waals surface area contributed by atoms with E-state index in [9.17, 15) is 14.4 Å². The molecule has 1 saturated carbocycles. The summed E-state index contributed by atoms with van der Waals surface area (Å²) in [4.78, 5) is 37.1. The van der Waals surface area contributed by atoms with Gasteiger partial charge in [0.05, 0.1) is 0 Å². The van der Waals surface area contributed by atoms with E-state index in [1.54, 1.807) is 24.3 Å². The highest BCUT2D eigenvalue weighted by molar-refractivity contribution is 6.01. The van der Waals surface area contributed by atoms with Gasteiger partial charge < -0.3 is 26.0 Å². The second-order valence-corrected chi connectivity index (χ2v) is 7.60. The number of anilines is 2. The molecule has 2 aromatic carbocycles. The molecule has 2 aromatic rings. The van der Waals surface area contributed by atoms with Gasteiger partial charge in [0.25, 0.3) is 0 Å². The quantitative estimate of drug-likeness (QED) is 0.522. The Morgan fingerprint density at radius 3 is 2.13 bits per heavy atom. The molecule has 3 rings (SSSR count). The molecule has 8 heteroatoms. The summed E-state index contributed by atoms with van der Waals surface area (Å²) in [6, 6.07) is 16.0. The third-order valence-electron chi connectivity index (χ3n) is 5.24. The predicted octanol–water partition coefficient (Wildman–Crippen LogP) is 3.02. The fourth-order valence-corrected chi connectivity index (χ4v) is 3.64. The first-order valence-corrected chi connectivity index (χ1v) is 10.3. The Morgan fingerprint density at radius 2 is 1.52 bits per heavy atom. The van der Waals surface area contributed by atoms with Crippen LogP contribution in [0.3, 0.4) is 0 Å². The molecule has 0 bridgehead atoms. The largest absolute Gasteiger partial charge is 0.375 e. The lowest BCUT2D eigenvalue weighted by Gasteiger charge is -2.29. The lowest BCUT2D eigenvalue weighted by atomic mass is 9.96. The van der Waals surface area contributed by atoms with Crippen molar-refractivity contribution in [2.45, 2.75) is 37.8 Å². The van der Waals surface area contributed by atoms with Crippen molar-refractivity contribution >= 4 is 29.2 Å². The summed E-state index contributed by atoms with van der Waals surface area (Å²) in [5, 5.41) is 11.3. The highest BCUT2D eigenvalue weighted by Crippen LogP contribution is 2.31. The van der Waals surface area contributed by atoms with Crippen LogP contribution in [-0.2, 0) is 20.9 Å². The third-order valence-corrected chi connectivity index (χ3v) is 5.24. The number of ether oxygens (including phenoxy) is 1. The Balaban J connectivity index is 1.58. The van der Waals surface area contributed by atoms with Crippen molar-refractivity contribution in [1.29, 1.82) is 0 Å². The fraction of sp³-hybridized carbons (Fsp3) is 0.348. The standard InChI is InChI=1S/C23H28N4O4/c1-31-16-20(28)25-18-9-11-19(12-10-18)26-21(29)23(13-5-6-14-23)27-22(30)24-15-17-7-3-2-4-8-17/h2-4,7-12H,5-6,13-16H2,1H3,(H,25,28)(H,26,29)(H2,24,27,30). The molecule has 4 N–H and O–H groups in total. The second-order valence-electron chi connectivity index (χ2n) is 7.60. The maximum absolute atomic E-state index is 13.1. The van der Waals surface area contributed by atoms with Gasteiger partial charge >= 0.3 is 6.03 Å². The van der Waals surface area contributed by atoms with Gasteiger partial charge in [-0.2, -0.15) is 0 Å². The summed E-state index contributed by atoms with van der Waals surface area (Å²) in [7, 11) is 1.45. The van der Waals surface area contributed by atoms with E-state index in [4.69, 9.17) is 4.74 Å². The zero-order chi connectivity index (χ0) is 22.1. The maximum atomic E-state index is 13.1. The molecule has 0 spiro atoms. The maximum Gasteiger partial charge on any atom is 0.315 e. The van der Waals surface area contributed by atoms with Crippen LogP contribution in [-0.4, -0.2) is 37.1 Å². The van der Waals surface area contributed by atoms with E-state index >= 15 is 0 Å². The summed E-state index contributed by atoms with van der Waals surface area (Å²) in [6.45, 7) is 0.361. The average molecular weight is 425 g/mol. The topological polar surface area (TPSA) is 109 Å². The number of methoxy groups -OCH3 is 1. The number of carbonyl (C=O) groups is 3. The lowest BCUT2D eigenvalue weighted by molar-refractivity contribution is -0.122. The van der Waals surface area contributed by atoms with Crippen molar-refractivity contribution in [3.05, 3.63) is 60.2 Å². The number of urea groups is 1. The van der Waals surface area contributed by atoms with E-state index in [0.29, 0.717) is 30.8 Å². The van der Waals surface area contributed by atoms with Crippen LogP contribution in [0.1, 0.15) is 31.2 Å². The smallest absolute Gasteiger partial charge is 0.315 e. The highest BCUT2D eigenvalue weighted by Gasteiger charge is 2.42. The van der Waals surface area contributed by atoms with Gasteiger partial charge in [-0.1, -0.05) is 43.2 Å². The van der Waals surface area contributed by atoms with Gasteiger partial charge in [0.15, 0.2) is 0 Å². The molecule has 1 aliphatic carbocycles. The molecule has 31 heavy (non-hydrogen) atoms. The van der Waals surface area contributed by atoms with Gasteiger partial charge in [-0.3, -0.25) is 9.59 Å². The van der Waals surface area contributed by atoms with Crippen molar-refractivity contribution in [1.82, 2.24) is 10.6 Å². The summed E-state index contributed by atoms with van der Waals surface area (Å²) < 4.78 is 4.79. The molecule has 1 fully saturated rings. The predicted molar refractivity (Wildman–Crippen MR) is 119 cm³/mol. The fourth-order valence-electron chi connectivity index (χ4n) is 3.64. The van der Waals surface area contributed by atoms with E-state index in [2.05, 4.69) is 21.3 Å². The minimum absolute atomic E-state index is 0.0288. The highest BCUT2D eigenvalue weighted by atomic mass is 16.5. The van der Waals surface area contributed by atoms with Crippen molar-refractivity contribution in [2.75, 3.05) is 24.4 Å². The number of nitrogens with one attached hydrogen (secondary N) is 4. The molecule has 1 aliphatic rings. The molecule has 4 amide bonds. The van der Waals surface area contributed by atoms with Crippen LogP contribution in [0.25, 0.3) is 0 Å². The van der Waals surface area contributed by atoms with Gasteiger partial charge in [-0.25, -0.2) is 4.79 Å². The SMILES string of the molecule is COCC(=O)Nc1ccc(NC(=O)C2(NC(=O)NCc3ccccc3)CCCC2)cc1. The lowest BCUT2D eigenvalue weighted by Crippen LogP contribution is -2.57. The molecular formula is C23H28N4O4. The number of hydrogen-bond acceptors (Lipinski definition) is 4. The van der Waals surface area contributed by atoms with Crippen LogP contribution in [0.2, 0.25) is 0 Å². The minimum Gasteiger partial charge on any atom is -0.375 e. The normalized spacial score (nSPS) is 14.5. The molecule has 0 saturated heterocycles. The first kappa shape index (κ1) is 22.3. The number of hydrogen-bond donors (Lipinski definition) is 4. The van der Waals surface area contributed by atoms with Crippen LogP contribution >= 0.6 is 0 Å². The van der Waals surface area contributed by atoms with E-state index in [1.807, 2.05) is 30.3 Å². The molecular weight excluding hydrogens is 396 g/mol. The number of amides is 4. The Bertz CT molecular complexity index is 894. The van der Waals surface area contributed by atoms with Gasteiger partial charge in [0.1, 0.15) is 12.1 Å². The van der Waals surface area contributed by atoms with Crippen LogP contribution < -0.4 is 21.3 Å². The molecule has 0 unspecified atom stereocenters. The van der Waals surface area contributed by atoms with Crippen LogP contribution in [0.15, 0.2) is 54.6 Å². The number of rotatable bonds is 8. The first-order valence-electron chi connectivity index (χ1n) is 10.3. The Morgan fingerprint density at radius 1 is 0.903 bits per heavy atom. The van der Waals surface area contributed by atoms with Crippen molar-refractivity contribution < 1.29 is 19.1 Å². The van der Waals surface area contributed by atoms with Crippen LogP contribution in [0.5, 0.6) is 0 Å². The second kappa shape index (κ2) is 10.6.